The van der Waals surface area contributed by atoms with Crippen LogP contribution in [0.25, 0.3) is 87.0 Å². The van der Waals surface area contributed by atoms with Crippen LogP contribution in [0.1, 0.15) is 0 Å². The summed E-state index contributed by atoms with van der Waals surface area (Å²) in [5, 5.41) is 13.3. The van der Waals surface area contributed by atoms with Crippen LogP contribution in [0, 0.1) is 0 Å². The van der Waals surface area contributed by atoms with E-state index in [-0.39, 0.29) is 0 Å². The lowest BCUT2D eigenvalue weighted by Crippen LogP contribution is -2.12. The van der Waals surface area contributed by atoms with Gasteiger partial charge in [0.2, 0.25) is 0 Å². The molecular formula is C58H34N2O3. The molecule has 14 rings (SSSR count). The van der Waals surface area contributed by atoms with E-state index in [2.05, 4.69) is 192 Å². The van der Waals surface area contributed by atoms with Crippen LogP contribution in [0.4, 0.5) is 34.1 Å². The summed E-state index contributed by atoms with van der Waals surface area (Å²) in [6.07, 6.45) is 0. The topological polar surface area (TPSA) is 42.0 Å². The summed E-state index contributed by atoms with van der Waals surface area (Å²) >= 11 is 0. The molecule has 0 unspecified atom stereocenters. The Balaban J connectivity index is 1.02. The summed E-state index contributed by atoms with van der Waals surface area (Å²) in [5.41, 5.74) is 9.44. The molecule has 0 saturated carbocycles. The molecule has 0 radical (unpaired) electrons. The highest BCUT2D eigenvalue weighted by atomic mass is 16.5. The number of benzene rings is 11. The number of anilines is 6. The van der Waals surface area contributed by atoms with Crippen LogP contribution in [0.15, 0.2) is 215 Å². The van der Waals surface area contributed by atoms with Gasteiger partial charge >= 0.3 is 0 Å². The molecule has 1 aliphatic rings. The van der Waals surface area contributed by atoms with Crippen LogP contribution in [-0.2, 0) is 0 Å². The Bertz CT molecular complexity index is 4030. The van der Waals surface area contributed by atoms with Crippen molar-refractivity contribution in [3.05, 3.63) is 206 Å². The van der Waals surface area contributed by atoms with Crippen molar-refractivity contribution in [2.45, 2.75) is 0 Å². The van der Waals surface area contributed by atoms with Crippen LogP contribution in [0.3, 0.4) is 0 Å². The van der Waals surface area contributed by atoms with Gasteiger partial charge in [-0.15, -0.1) is 0 Å². The van der Waals surface area contributed by atoms with Crippen molar-refractivity contribution in [2.75, 3.05) is 9.80 Å². The standard InChI is InChI=1S/C58H34N2O3/c1-2-16-38(17-3-1)59(47-25-11-21-43-41-19-6-8-27-50(41)62-57(43)47)49-33-37-31-30-36-32-39(34-53-54(36)55(37)56-45(49)23-13-29-52(56)61-53)60(46-24-10-15-35-14-4-5-18-40(35)46)48-26-12-22-44-42-20-7-9-28-51(42)63-58(44)48/h1-34H. The number of rotatable bonds is 6. The van der Waals surface area contributed by atoms with Gasteiger partial charge in [-0.05, 0) is 76.8 Å². The van der Waals surface area contributed by atoms with E-state index < -0.39 is 0 Å². The zero-order valence-electron chi connectivity index (χ0n) is 33.7. The fraction of sp³-hybridized carbons (Fsp3) is 0. The normalized spacial score (nSPS) is 12.3. The van der Waals surface area contributed by atoms with Crippen molar-refractivity contribution in [1.82, 2.24) is 0 Å². The summed E-state index contributed by atoms with van der Waals surface area (Å²) in [7, 11) is 0. The van der Waals surface area contributed by atoms with Crippen LogP contribution in [-0.4, -0.2) is 0 Å². The van der Waals surface area contributed by atoms with Crippen molar-refractivity contribution < 1.29 is 13.6 Å². The van der Waals surface area contributed by atoms with Gasteiger partial charge in [0.25, 0.3) is 0 Å². The second-order valence-electron chi connectivity index (χ2n) is 16.4. The fourth-order valence-corrected chi connectivity index (χ4v) is 10.3. The van der Waals surface area contributed by atoms with Gasteiger partial charge in [0.05, 0.1) is 28.4 Å². The van der Waals surface area contributed by atoms with Gasteiger partial charge in [0.15, 0.2) is 11.2 Å². The average Bonchev–Trinajstić information content (AvgIpc) is 3.92. The first-order chi connectivity index (χ1) is 31.2. The lowest BCUT2D eigenvalue weighted by atomic mass is 9.91. The lowest BCUT2D eigenvalue weighted by Gasteiger charge is -2.30. The first kappa shape index (κ1) is 34.2. The number of para-hydroxylation sites is 5. The predicted molar refractivity (Wildman–Crippen MR) is 260 cm³/mol. The average molecular weight is 807 g/mol. The van der Waals surface area contributed by atoms with Crippen molar-refractivity contribution in [3.8, 4) is 11.5 Å². The minimum absolute atomic E-state index is 0.815. The molecule has 3 heterocycles. The predicted octanol–water partition coefficient (Wildman–Crippen LogP) is 17.1. The first-order valence-electron chi connectivity index (χ1n) is 21.3. The second kappa shape index (κ2) is 13.0. The van der Waals surface area contributed by atoms with E-state index >= 15 is 0 Å². The monoisotopic (exact) mass is 806 g/mol. The highest BCUT2D eigenvalue weighted by Crippen LogP contribution is 2.54. The SMILES string of the molecule is c1ccc(N(c2cc3ccc4cc(N(c5cccc6ccccc56)c5cccc6c5oc5ccccc56)cc5c4c3c3c(cccc23)O5)c2cccc3c2oc2ccccc23)cc1. The maximum atomic E-state index is 7.14. The van der Waals surface area contributed by atoms with Crippen molar-refractivity contribution in [1.29, 1.82) is 0 Å². The van der Waals surface area contributed by atoms with Gasteiger partial charge < -0.3 is 23.4 Å². The minimum Gasteiger partial charge on any atom is -0.456 e. The number of ether oxygens (including phenoxy) is 1. The Morgan fingerprint density at radius 3 is 1.56 bits per heavy atom. The molecule has 0 N–H and O–H groups in total. The van der Waals surface area contributed by atoms with Crippen molar-refractivity contribution in [3.63, 3.8) is 0 Å². The van der Waals surface area contributed by atoms with Crippen molar-refractivity contribution in [2.24, 2.45) is 0 Å². The Morgan fingerprint density at radius 2 is 0.825 bits per heavy atom. The lowest BCUT2D eigenvalue weighted by molar-refractivity contribution is 0.493. The number of hydrogen-bond donors (Lipinski definition) is 0. The molecular weight excluding hydrogens is 773 g/mol. The van der Waals surface area contributed by atoms with E-state index in [0.717, 1.165) is 127 Å². The summed E-state index contributed by atoms with van der Waals surface area (Å²) in [5.74, 6) is 1.64. The molecule has 63 heavy (non-hydrogen) atoms. The summed E-state index contributed by atoms with van der Waals surface area (Å²) < 4.78 is 20.5. The molecule has 0 bridgehead atoms. The molecule has 0 amide bonds. The van der Waals surface area contributed by atoms with E-state index in [9.17, 15) is 0 Å². The Hall–Kier alpha value is -8.54. The van der Waals surface area contributed by atoms with Gasteiger partial charge in [0.1, 0.15) is 22.7 Å². The van der Waals surface area contributed by atoms with Crippen LogP contribution in [0.2, 0.25) is 0 Å². The van der Waals surface area contributed by atoms with E-state index in [1.165, 1.54) is 5.39 Å². The zero-order chi connectivity index (χ0) is 41.2. The largest absolute Gasteiger partial charge is 0.456 e. The molecule has 0 spiro atoms. The van der Waals surface area contributed by atoms with Gasteiger partial charge in [-0.2, -0.15) is 0 Å². The van der Waals surface area contributed by atoms with Gasteiger partial charge in [0, 0.05) is 60.2 Å². The molecule has 5 nitrogen and oxygen atoms in total. The third-order valence-corrected chi connectivity index (χ3v) is 12.9. The Kier molecular flexibility index (Phi) is 7.05. The fourth-order valence-electron chi connectivity index (χ4n) is 10.3. The zero-order valence-corrected chi connectivity index (χ0v) is 33.7. The quantitative estimate of drug-likeness (QED) is 0.157. The highest BCUT2D eigenvalue weighted by Gasteiger charge is 2.28. The Morgan fingerprint density at radius 1 is 0.286 bits per heavy atom. The van der Waals surface area contributed by atoms with E-state index in [1.807, 2.05) is 24.3 Å². The molecule has 0 aliphatic carbocycles. The number of hydrogen-bond acceptors (Lipinski definition) is 5. The third-order valence-electron chi connectivity index (χ3n) is 12.9. The minimum atomic E-state index is 0.815. The number of fused-ring (bicyclic) bond motifs is 7. The molecule has 0 atom stereocenters. The van der Waals surface area contributed by atoms with Gasteiger partial charge in [-0.3, -0.25) is 0 Å². The van der Waals surface area contributed by atoms with Gasteiger partial charge in [-0.1, -0.05) is 140 Å². The van der Waals surface area contributed by atoms with Crippen LogP contribution in [0.5, 0.6) is 11.5 Å². The molecule has 0 saturated heterocycles. The molecule has 11 aromatic carbocycles. The van der Waals surface area contributed by atoms with E-state index in [1.54, 1.807) is 0 Å². The summed E-state index contributed by atoms with van der Waals surface area (Å²) in [6.45, 7) is 0. The van der Waals surface area contributed by atoms with Gasteiger partial charge in [-0.25, -0.2) is 0 Å². The van der Waals surface area contributed by atoms with Crippen LogP contribution >= 0.6 is 0 Å². The Labute approximate surface area is 360 Å². The molecule has 2 aromatic heterocycles. The summed E-state index contributed by atoms with van der Waals surface area (Å²) in [4.78, 5) is 4.68. The number of furan rings is 2. The molecule has 13 aromatic rings. The molecule has 5 heteroatoms. The van der Waals surface area contributed by atoms with E-state index in [0.29, 0.717) is 0 Å². The third kappa shape index (κ3) is 4.93. The first-order valence-corrected chi connectivity index (χ1v) is 21.3. The maximum absolute atomic E-state index is 7.14. The van der Waals surface area contributed by atoms with Crippen molar-refractivity contribution >= 4 is 121 Å². The summed E-state index contributed by atoms with van der Waals surface area (Å²) in [6, 6.07) is 72.9. The molecule has 0 fully saturated rings. The number of nitrogens with zero attached hydrogens (tertiary/aromatic N) is 2. The molecule has 1 aliphatic heterocycles. The molecule has 294 valence electrons. The second-order valence-corrected chi connectivity index (χ2v) is 16.4. The smallest absolute Gasteiger partial charge is 0.159 e. The maximum Gasteiger partial charge on any atom is 0.159 e. The van der Waals surface area contributed by atoms with E-state index in [4.69, 9.17) is 13.6 Å². The van der Waals surface area contributed by atoms with Crippen LogP contribution < -0.4 is 14.5 Å². The highest BCUT2D eigenvalue weighted by molar-refractivity contribution is 6.29.